The minimum Gasteiger partial charge on any atom is -0.350 e. The second-order valence-electron chi connectivity index (χ2n) is 11.8. The summed E-state index contributed by atoms with van der Waals surface area (Å²) in [7, 11) is -4.19. The summed E-state index contributed by atoms with van der Waals surface area (Å²) < 4.78 is 29.3. The molecular weight excluding hydrogens is 629 g/mol. The van der Waals surface area contributed by atoms with Gasteiger partial charge in [-0.2, -0.15) is 0 Å². The zero-order chi connectivity index (χ0) is 32.8. The fourth-order valence-corrected chi connectivity index (χ4v) is 6.84. The minimum absolute atomic E-state index is 0.0336. The molecule has 0 aliphatic heterocycles. The van der Waals surface area contributed by atoms with Crippen LogP contribution in [0.25, 0.3) is 0 Å². The van der Waals surface area contributed by atoms with Crippen LogP contribution in [-0.4, -0.2) is 43.3 Å². The Morgan fingerprint density at radius 3 is 1.98 bits per heavy atom. The molecule has 0 saturated heterocycles. The summed E-state index contributed by atoms with van der Waals surface area (Å²) in [6, 6.07) is 28.2. The number of carbonyl (C=O) groups is 2. The molecule has 2 amide bonds. The van der Waals surface area contributed by atoms with Crippen molar-refractivity contribution < 1.29 is 18.0 Å². The van der Waals surface area contributed by atoms with E-state index < -0.39 is 40.0 Å². The molecule has 0 bridgehead atoms. The van der Waals surface area contributed by atoms with Crippen LogP contribution in [0, 0.1) is 6.92 Å². The van der Waals surface area contributed by atoms with Crippen LogP contribution in [0.2, 0.25) is 10.0 Å². The number of nitrogens with one attached hydrogen (secondary N) is 1. The molecule has 0 fully saturated rings. The predicted molar refractivity (Wildman–Crippen MR) is 181 cm³/mol. The lowest BCUT2D eigenvalue weighted by molar-refractivity contribution is -0.140. The molecule has 0 radical (unpaired) electrons. The first-order valence-electron chi connectivity index (χ1n) is 14.5. The highest BCUT2D eigenvalue weighted by Gasteiger charge is 2.36. The molecule has 45 heavy (non-hydrogen) atoms. The van der Waals surface area contributed by atoms with Gasteiger partial charge in [0.15, 0.2) is 0 Å². The fraction of sp³-hybridized carbons (Fsp3) is 0.257. The van der Waals surface area contributed by atoms with Crippen LogP contribution in [-0.2, 0) is 32.6 Å². The first-order chi connectivity index (χ1) is 21.3. The van der Waals surface area contributed by atoms with E-state index in [4.69, 9.17) is 23.2 Å². The Labute approximate surface area is 275 Å². The molecular formula is C35H37Cl2N3O4S. The van der Waals surface area contributed by atoms with Crippen molar-refractivity contribution in [2.45, 2.75) is 57.1 Å². The van der Waals surface area contributed by atoms with Crippen molar-refractivity contribution in [1.29, 1.82) is 0 Å². The predicted octanol–water partition coefficient (Wildman–Crippen LogP) is 7.05. The van der Waals surface area contributed by atoms with Gasteiger partial charge in [-0.25, -0.2) is 8.42 Å². The summed E-state index contributed by atoms with van der Waals surface area (Å²) in [5, 5.41) is 3.65. The van der Waals surface area contributed by atoms with Gasteiger partial charge in [-0.1, -0.05) is 89.9 Å². The van der Waals surface area contributed by atoms with Gasteiger partial charge in [0.1, 0.15) is 12.6 Å². The minimum atomic E-state index is -4.19. The lowest BCUT2D eigenvalue weighted by Gasteiger charge is -2.35. The summed E-state index contributed by atoms with van der Waals surface area (Å²) in [5.74, 6) is -0.993. The van der Waals surface area contributed by atoms with E-state index in [1.807, 2.05) is 64.1 Å². The third-order valence-corrected chi connectivity index (χ3v) is 9.56. The molecule has 7 nitrogen and oxygen atoms in total. The highest BCUT2D eigenvalue weighted by atomic mass is 35.5. The Kier molecular flexibility index (Phi) is 11.0. The highest BCUT2D eigenvalue weighted by Crippen LogP contribution is 2.29. The number of hydrogen-bond acceptors (Lipinski definition) is 4. The molecule has 10 heteroatoms. The molecule has 0 aliphatic carbocycles. The number of sulfonamides is 1. The first kappa shape index (κ1) is 34.0. The lowest BCUT2D eigenvalue weighted by atomic mass is 10.0. The number of carbonyl (C=O) groups excluding carboxylic acids is 2. The number of nitrogens with zero attached hydrogens (tertiary/aromatic N) is 2. The maximum atomic E-state index is 14.6. The van der Waals surface area contributed by atoms with Gasteiger partial charge < -0.3 is 10.2 Å². The van der Waals surface area contributed by atoms with E-state index >= 15 is 0 Å². The van der Waals surface area contributed by atoms with E-state index in [-0.39, 0.29) is 17.9 Å². The molecule has 236 valence electrons. The zero-order valence-electron chi connectivity index (χ0n) is 25.7. The maximum absolute atomic E-state index is 14.6. The number of hydrogen-bond donors (Lipinski definition) is 1. The van der Waals surface area contributed by atoms with E-state index in [0.717, 1.165) is 15.4 Å². The van der Waals surface area contributed by atoms with Gasteiger partial charge in [0.2, 0.25) is 11.8 Å². The Bertz CT molecular complexity index is 1720. The van der Waals surface area contributed by atoms with E-state index in [1.165, 1.54) is 17.0 Å². The van der Waals surface area contributed by atoms with E-state index in [2.05, 4.69) is 5.32 Å². The van der Waals surface area contributed by atoms with Crippen LogP contribution in [0.5, 0.6) is 0 Å². The van der Waals surface area contributed by atoms with Gasteiger partial charge in [-0.3, -0.25) is 13.9 Å². The van der Waals surface area contributed by atoms with Crippen molar-refractivity contribution in [3.05, 3.63) is 130 Å². The highest BCUT2D eigenvalue weighted by molar-refractivity contribution is 7.92. The summed E-state index contributed by atoms with van der Waals surface area (Å²) in [5.41, 5.74) is 1.81. The van der Waals surface area contributed by atoms with Crippen molar-refractivity contribution in [1.82, 2.24) is 10.2 Å². The van der Waals surface area contributed by atoms with Crippen molar-refractivity contribution in [2.24, 2.45) is 0 Å². The number of rotatable bonds is 11. The van der Waals surface area contributed by atoms with Crippen molar-refractivity contribution in [3.63, 3.8) is 0 Å². The molecule has 0 spiro atoms. The smallest absolute Gasteiger partial charge is 0.264 e. The van der Waals surface area contributed by atoms with Gasteiger partial charge in [-0.15, -0.1) is 0 Å². The Morgan fingerprint density at radius 2 is 1.40 bits per heavy atom. The van der Waals surface area contributed by atoms with Gasteiger partial charge in [0.05, 0.1) is 10.6 Å². The summed E-state index contributed by atoms with van der Waals surface area (Å²) in [6.45, 7) is 6.71. The zero-order valence-corrected chi connectivity index (χ0v) is 28.0. The van der Waals surface area contributed by atoms with E-state index in [9.17, 15) is 18.0 Å². The van der Waals surface area contributed by atoms with Crippen LogP contribution >= 0.6 is 23.2 Å². The molecule has 1 atom stereocenters. The SMILES string of the molecule is Cc1cccc(N(CC(=O)N(Cc2c(Cl)cccc2Cl)C(Cc2ccccc2)C(=O)NC(C)(C)C)S(=O)(=O)c2ccccc2)c1. The normalized spacial score (nSPS) is 12.3. The summed E-state index contributed by atoms with van der Waals surface area (Å²) in [4.78, 5) is 30.0. The summed E-state index contributed by atoms with van der Waals surface area (Å²) >= 11 is 13.1. The average Bonchev–Trinajstić information content (AvgIpc) is 2.99. The van der Waals surface area contributed by atoms with Crippen LogP contribution in [0.3, 0.4) is 0 Å². The molecule has 0 aliphatic rings. The van der Waals surface area contributed by atoms with Crippen LogP contribution < -0.4 is 9.62 Å². The second-order valence-corrected chi connectivity index (χ2v) is 14.5. The molecule has 4 aromatic rings. The number of halogens is 2. The van der Waals surface area contributed by atoms with Crippen molar-refractivity contribution in [2.75, 3.05) is 10.8 Å². The third kappa shape index (κ3) is 8.87. The quantitative estimate of drug-likeness (QED) is 0.186. The molecule has 1 N–H and O–H groups in total. The molecule has 4 aromatic carbocycles. The van der Waals surface area contributed by atoms with Crippen LogP contribution in [0.15, 0.2) is 108 Å². The molecule has 0 saturated carbocycles. The Balaban J connectivity index is 1.85. The third-order valence-electron chi connectivity index (χ3n) is 7.06. The fourth-order valence-electron chi connectivity index (χ4n) is 4.89. The van der Waals surface area contributed by atoms with Crippen LogP contribution in [0.1, 0.15) is 37.5 Å². The number of amides is 2. The Morgan fingerprint density at radius 1 is 0.822 bits per heavy atom. The number of anilines is 1. The van der Waals surface area contributed by atoms with Gasteiger partial charge >= 0.3 is 0 Å². The Hall–Kier alpha value is -3.85. The van der Waals surface area contributed by atoms with E-state index in [1.54, 1.807) is 54.6 Å². The van der Waals surface area contributed by atoms with E-state index in [0.29, 0.717) is 21.3 Å². The lowest BCUT2D eigenvalue weighted by Crippen LogP contribution is -2.56. The molecule has 0 aromatic heterocycles. The number of benzene rings is 4. The van der Waals surface area contributed by atoms with Gasteiger partial charge in [0.25, 0.3) is 10.0 Å². The largest absolute Gasteiger partial charge is 0.350 e. The van der Waals surface area contributed by atoms with Crippen molar-refractivity contribution in [3.8, 4) is 0 Å². The topological polar surface area (TPSA) is 86.8 Å². The monoisotopic (exact) mass is 665 g/mol. The van der Waals surface area contributed by atoms with Gasteiger partial charge in [0, 0.05) is 34.1 Å². The molecule has 4 rings (SSSR count). The van der Waals surface area contributed by atoms with Crippen LogP contribution in [0.4, 0.5) is 5.69 Å². The second kappa shape index (κ2) is 14.5. The first-order valence-corrected chi connectivity index (χ1v) is 16.7. The molecule has 1 unspecified atom stereocenters. The number of aryl methyl sites for hydroxylation is 1. The van der Waals surface area contributed by atoms with Gasteiger partial charge in [-0.05, 0) is 75.2 Å². The molecule has 0 heterocycles. The van der Waals surface area contributed by atoms with Crippen molar-refractivity contribution >= 4 is 50.7 Å². The standard InChI is InChI=1S/C35H37Cl2N3O4S/c1-25-13-11-16-27(21-25)40(45(43,44)28-17-9-6-10-18-28)24-33(41)39(23-29-30(36)19-12-20-31(29)37)32(34(42)38-35(2,3)4)22-26-14-7-5-8-15-26/h5-21,32H,22-24H2,1-4H3,(H,38,42). The maximum Gasteiger partial charge on any atom is 0.264 e. The average molecular weight is 667 g/mol. The summed E-state index contributed by atoms with van der Waals surface area (Å²) in [6.07, 6.45) is 0.173.